The summed E-state index contributed by atoms with van der Waals surface area (Å²) in [7, 11) is 0. The van der Waals surface area contributed by atoms with Crippen molar-refractivity contribution in [1.29, 1.82) is 0 Å². The minimum atomic E-state index is -0.395. The quantitative estimate of drug-likeness (QED) is 0.865. The van der Waals surface area contributed by atoms with Gasteiger partial charge >= 0.3 is 0 Å². The zero-order chi connectivity index (χ0) is 18.0. The lowest BCUT2D eigenvalue weighted by Crippen LogP contribution is -2.43. The van der Waals surface area contributed by atoms with E-state index in [4.69, 9.17) is 10.3 Å². The molecule has 3 rings (SSSR count). The molecule has 1 fully saturated rings. The largest absolute Gasteiger partial charge is 0.370 e. The second-order valence-corrected chi connectivity index (χ2v) is 6.91. The maximum Gasteiger partial charge on any atom is 0.258 e. The molecule has 7 heteroatoms. The molecule has 1 atom stereocenters. The molecular weight excluding hydrogens is 320 g/mol. The summed E-state index contributed by atoms with van der Waals surface area (Å²) in [4.78, 5) is 28.7. The summed E-state index contributed by atoms with van der Waals surface area (Å²) >= 11 is 0. The Bertz CT molecular complexity index is 793. The predicted octanol–water partition coefficient (Wildman–Crippen LogP) is 2.39. The average molecular weight is 344 g/mol. The van der Waals surface area contributed by atoms with E-state index >= 15 is 0 Å². The number of hydrogen-bond acceptors (Lipinski definition) is 5. The van der Waals surface area contributed by atoms with Crippen molar-refractivity contribution in [3.63, 3.8) is 0 Å². The van der Waals surface area contributed by atoms with Gasteiger partial charge in [0.05, 0.1) is 16.6 Å². The molecule has 0 aromatic carbocycles. The van der Waals surface area contributed by atoms with Gasteiger partial charge < -0.3 is 15.6 Å². The minimum absolute atomic E-state index is 0.159. The molecule has 2 aromatic rings. The van der Waals surface area contributed by atoms with Crippen LogP contribution in [0.1, 0.15) is 60.3 Å². The fourth-order valence-electron chi connectivity index (χ4n) is 3.73. The van der Waals surface area contributed by atoms with Crippen molar-refractivity contribution in [1.82, 2.24) is 15.5 Å². The molecule has 134 valence electrons. The Hall–Kier alpha value is -2.44. The number of nitrogens with zero attached hydrogens (tertiary/aromatic N) is 2. The Morgan fingerprint density at radius 2 is 2.04 bits per heavy atom. The highest BCUT2D eigenvalue weighted by molar-refractivity contribution is 6.06. The van der Waals surface area contributed by atoms with Crippen molar-refractivity contribution in [2.45, 2.75) is 58.4 Å². The van der Waals surface area contributed by atoms with Gasteiger partial charge in [0.15, 0.2) is 0 Å². The van der Waals surface area contributed by atoms with Crippen LogP contribution in [-0.2, 0) is 4.79 Å². The van der Waals surface area contributed by atoms with E-state index in [1.54, 1.807) is 19.9 Å². The molecule has 0 bridgehead atoms. The number of amides is 2. The molecule has 0 spiro atoms. The topological polar surface area (TPSA) is 111 Å². The molecule has 25 heavy (non-hydrogen) atoms. The van der Waals surface area contributed by atoms with E-state index in [2.05, 4.69) is 15.5 Å². The van der Waals surface area contributed by atoms with E-state index in [1.807, 2.05) is 0 Å². The first-order valence-corrected chi connectivity index (χ1v) is 8.78. The number of aromatic nitrogens is 2. The van der Waals surface area contributed by atoms with E-state index in [-0.39, 0.29) is 24.3 Å². The first kappa shape index (κ1) is 17.4. The Morgan fingerprint density at radius 1 is 1.32 bits per heavy atom. The molecule has 2 amide bonds. The van der Waals surface area contributed by atoms with Crippen molar-refractivity contribution in [3.8, 4) is 0 Å². The molecular formula is C18H24N4O3. The van der Waals surface area contributed by atoms with Gasteiger partial charge in [-0.1, -0.05) is 24.4 Å². The molecule has 1 saturated carbocycles. The molecule has 7 nitrogen and oxygen atoms in total. The molecule has 0 aliphatic heterocycles. The number of fused-ring (bicyclic) bond motifs is 1. The fourth-order valence-corrected chi connectivity index (χ4v) is 3.73. The van der Waals surface area contributed by atoms with Gasteiger partial charge in [0, 0.05) is 18.2 Å². The highest BCUT2D eigenvalue weighted by atomic mass is 16.5. The third-order valence-corrected chi connectivity index (χ3v) is 4.95. The van der Waals surface area contributed by atoms with E-state index in [9.17, 15) is 9.59 Å². The SMILES string of the molecule is Cc1cc(C(=O)N[C@H](CC(N)=O)C2CCCCC2)c2c(C)noc2n1. The number of pyridine rings is 1. The van der Waals surface area contributed by atoms with Gasteiger partial charge in [0.2, 0.25) is 5.91 Å². The summed E-state index contributed by atoms with van der Waals surface area (Å²) in [5.74, 6) is -0.348. The molecule has 2 aromatic heterocycles. The van der Waals surface area contributed by atoms with Crippen molar-refractivity contribution < 1.29 is 14.1 Å². The Balaban J connectivity index is 1.88. The van der Waals surface area contributed by atoms with Gasteiger partial charge in [0.1, 0.15) is 0 Å². The Labute approximate surface area is 146 Å². The van der Waals surface area contributed by atoms with Gasteiger partial charge in [-0.25, -0.2) is 4.98 Å². The number of nitrogens with two attached hydrogens (primary N) is 1. The van der Waals surface area contributed by atoms with Crippen LogP contribution in [0.5, 0.6) is 0 Å². The van der Waals surface area contributed by atoms with E-state index in [0.717, 1.165) is 25.7 Å². The van der Waals surface area contributed by atoms with Crippen molar-refractivity contribution in [2.75, 3.05) is 0 Å². The van der Waals surface area contributed by atoms with Gasteiger partial charge in [-0.05, 0) is 38.7 Å². The number of carbonyl (C=O) groups excluding carboxylic acids is 2. The Morgan fingerprint density at radius 3 is 2.72 bits per heavy atom. The van der Waals surface area contributed by atoms with E-state index < -0.39 is 5.91 Å². The smallest absolute Gasteiger partial charge is 0.258 e. The molecule has 0 saturated heterocycles. The standard InChI is InChI=1S/C18H24N4O3/c1-10-8-13(16-11(2)22-25-18(16)20-10)17(24)21-14(9-15(19)23)12-6-4-3-5-7-12/h8,12,14H,3-7,9H2,1-2H3,(H2,19,23)(H,21,24)/t14-/m1/s1. The van der Waals surface area contributed by atoms with Crippen LogP contribution >= 0.6 is 0 Å². The first-order valence-electron chi connectivity index (χ1n) is 8.78. The third kappa shape index (κ3) is 3.81. The third-order valence-electron chi connectivity index (χ3n) is 4.95. The molecule has 0 radical (unpaired) electrons. The summed E-state index contributed by atoms with van der Waals surface area (Å²) in [5, 5.41) is 7.55. The van der Waals surface area contributed by atoms with E-state index in [0.29, 0.717) is 28.1 Å². The summed E-state index contributed by atoms with van der Waals surface area (Å²) in [6, 6.07) is 1.48. The fraction of sp³-hybridized carbons (Fsp3) is 0.556. The predicted molar refractivity (Wildman–Crippen MR) is 92.9 cm³/mol. The zero-order valence-corrected chi connectivity index (χ0v) is 14.7. The number of hydrogen-bond donors (Lipinski definition) is 2. The molecule has 2 heterocycles. The first-order chi connectivity index (χ1) is 12.0. The van der Waals surface area contributed by atoms with Crippen LogP contribution in [0.4, 0.5) is 0 Å². The maximum absolute atomic E-state index is 12.9. The average Bonchev–Trinajstić information content (AvgIpc) is 2.94. The van der Waals surface area contributed by atoms with Gasteiger partial charge in [-0.2, -0.15) is 0 Å². The van der Waals surface area contributed by atoms with E-state index in [1.165, 1.54) is 6.42 Å². The van der Waals surface area contributed by atoms with Crippen LogP contribution in [0.3, 0.4) is 0 Å². The highest BCUT2D eigenvalue weighted by Crippen LogP contribution is 2.28. The second-order valence-electron chi connectivity index (χ2n) is 6.91. The van der Waals surface area contributed by atoms with Crippen LogP contribution in [0.2, 0.25) is 0 Å². The Kier molecular flexibility index (Phi) is 5.01. The van der Waals surface area contributed by atoms with Gasteiger partial charge in [-0.3, -0.25) is 9.59 Å². The lowest BCUT2D eigenvalue weighted by Gasteiger charge is -2.30. The van der Waals surface area contributed by atoms with Crippen LogP contribution in [0.15, 0.2) is 10.6 Å². The van der Waals surface area contributed by atoms with Crippen molar-refractivity contribution in [3.05, 3.63) is 23.0 Å². The summed E-state index contributed by atoms with van der Waals surface area (Å²) in [6.07, 6.45) is 5.63. The molecule has 3 N–H and O–H groups in total. The lowest BCUT2D eigenvalue weighted by atomic mass is 9.82. The summed E-state index contributed by atoms with van der Waals surface area (Å²) in [5.41, 5.74) is 7.54. The van der Waals surface area contributed by atoms with Gasteiger partial charge in [-0.15, -0.1) is 0 Å². The lowest BCUT2D eigenvalue weighted by molar-refractivity contribution is -0.118. The van der Waals surface area contributed by atoms with Crippen LogP contribution in [0, 0.1) is 19.8 Å². The number of rotatable bonds is 5. The number of primary amides is 1. The van der Waals surface area contributed by atoms with Crippen molar-refractivity contribution >= 4 is 22.9 Å². The summed E-state index contributed by atoms with van der Waals surface area (Å²) in [6.45, 7) is 3.58. The number of carbonyl (C=O) groups is 2. The normalized spacial score (nSPS) is 16.7. The number of nitrogens with one attached hydrogen (secondary N) is 1. The minimum Gasteiger partial charge on any atom is -0.370 e. The van der Waals surface area contributed by atoms with Crippen LogP contribution < -0.4 is 11.1 Å². The summed E-state index contributed by atoms with van der Waals surface area (Å²) < 4.78 is 5.19. The van der Waals surface area contributed by atoms with Crippen LogP contribution in [0.25, 0.3) is 11.1 Å². The second kappa shape index (κ2) is 7.21. The highest BCUT2D eigenvalue weighted by Gasteiger charge is 2.28. The van der Waals surface area contributed by atoms with Gasteiger partial charge in [0.25, 0.3) is 11.6 Å². The zero-order valence-electron chi connectivity index (χ0n) is 14.7. The molecule has 1 aliphatic carbocycles. The van der Waals surface area contributed by atoms with Crippen molar-refractivity contribution in [2.24, 2.45) is 11.7 Å². The monoisotopic (exact) mass is 344 g/mol. The molecule has 0 unspecified atom stereocenters. The maximum atomic E-state index is 12.9. The number of aryl methyl sites for hydroxylation is 2. The van der Waals surface area contributed by atoms with Crippen LogP contribution in [-0.4, -0.2) is 28.0 Å². The molecule has 1 aliphatic rings.